The van der Waals surface area contributed by atoms with Crippen LogP contribution in [0.2, 0.25) is 0 Å². The van der Waals surface area contributed by atoms with Crippen LogP contribution in [0.4, 0.5) is 8.78 Å². The van der Waals surface area contributed by atoms with Crippen molar-refractivity contribution in [3.63, 3.8) is 0 Å². The maximum Gasteiger partial charge on any atom is 0.277 e. The first-order valence-electron chi connectivity index (χ1n) is 9.35. The van der Waals surface area contributed by atoms with Gasteiger partial charge in [0.2, 0.25) is 0 Å². The molecule has 0 radical (unpaired) electrons. The van der Waals surface area contributed by atoms with E-state index in [2.05, 4.69) is 6.92 Å². The molecule has 0 unspecified atom stereocenters. The van der Waals surface area contributed by atoms with Gasteiger partial charge >= 0.3 is 0 Å². The van der Waals surface area contributed by atoms with Crippen LogP contribution in [0.25, 0.3) is 11.1 Å². The van der Waals surface area contributed by atoms with Gasteiger partial charge in [-0.25, -0.2) is 8.78 Å². The van der Waals surface area contributed by atoms with Gasteiger partial charge in [-0.15, -0.1) is 0 Å². The van der Waals surface area contributed by atoms with Crippen LogP contribution in [0.3, 0.4) is 0 Å². The van der Waals surface area contributed by atoms with Crippen molar-refractivity contribution in [3.8, 4) is 16.9 Å². The highest BCUT2D eigenvalue weighted by Gasteiger charge is 2.39. The lowest BCUT2D eigenvalue weighted by Crippen LogP contribution is -2.23. The average molecular weight is 344 g/mol. The van der Waals surface area contributed by atoms with E-state index in [1.54, 1.807) is 18.2 Å². The Morgan fingerprint density at radius 3 is 2.44 bits per heavy atom. The first kappa shape index (κ1) is 17.9. The molecule has 1 aliphatic carbocycles. The highest BCUT2D eigenvalue weighted by Crippen LogP contribution is 2.46. The Morgan fingerprint density at radius 2 is 1.64 bits per heavy atom. The summed E-state index contributed by atoms with van der Waals surface area (Å²) in [5.74, 6) is -2.84. The quantitative estimate of drug-likeness (QED) is 0.560. The first-order valence-corrected chi connectivity index (χ1v) is 9.35. The maximum atomic E-state index is 14.6. The molecular formula is C22H26F2O. The monoisotopic (exact) mass is 344 g/mol. The molecule has 0 amide bonds. The minimum absolute atomic E-state index is 0.0395. The Kier molecular flexibility index (Phi) is 5.41. The lowest BCUT2D eigenvalue weighted by Gasteiger charge is -2.28. The first-order chi connectivity index (χ1) is 12.0. The maximum absolute atomic E-state index is 14.6. The third-order valence-corrected chi connectivity index (χ3v) is 5.09. The molecule has 3 rings (SSSR count). The van der Waals surface area contributed by atoms with E-state index in [4.69, 9.17) is 0 Å². The van der Waals surface area contributed by atoms with E-state index in [9.17, 15) is 13.9 Å². The summed E-state index contributed by atoms with van der Waals surface area (Å²) in [7, 11) is 0. The molecule has 0 fully saturated rings. The van der Waals surface area contributed by atoms with E-state index in [1.165, 1.54) is 31.7 Å². The highest BCUT2D eigenvalue weighted by atomic mass is 19.3. The topological polar surface area (TPSA) is 20.2 Å². The van der Waals surface area contributed by atoms with Crippen molar-refractivity contribution < 1.29 is 13.9 Å². The number of unbranched alkanes of at least 4 members (excludes halogenated alkanes) is 5. The Hall–Kier alpha value is -1.90. The van der Waals surface area contributed by atoms with Gasteiger partial charge in [0.1, 0.15) is 5.75 Å². The number of halogens is 2. The molecule has 0 bridgehead atoms. The summed E-state index contributed by atoms with van der Waals surface area (Å²) in [6.07, 6.45) is 7.74. The zero-order chi connectivity index (χ0) is 17.9. The van der Waals surface area contributed by atoms with Gasteiger partial charge in [0, 0.05) is 12.0 Å². The summed E-state index contributed by atoms with van der Waals surface area (Å²) < 4.78 is 29.3. The second kappa shape index (κ2) is 7.55. The van der Waals surface area contributed by atoms with Crippen LogP contribution in [-0.2, 0) is 18.8 Å². The van der Waals surface area contributed by atoms with Crippen molar-refractivity contribution in [2.45, 2.75) is 64.2 Å². The van der Waals surface area contributed by atoms with E-state index in [0.717, 1.165) is 30.4 Å². The van der Waals surface area contributed by atoms with Crippen LogP contribution in [0, 0.1) is 0 Å². The Labute approximate surface area is 148 Å². The summed E-state index contributed by atoms with van der Waals surface area (Å²) in [5.41, 5.74) is 3.05. The van der Waals surface area contributed by atoms with Crippen LogP contribution in [0.1, 0.15) is 62.1 Å². The van der Waals surface area contributed by atoms with Crippen molar-refractivity contribution >= 4 is 0 Å². The molecule has 3 heteroatoms. The highest BCUT2D eigenvalue weighted by molar-refractivity contribution is 5.75. The van der Waals surface area contributed by atoms with Gasteiger partial charge in [-0.2, -0.15) is 0 Å². The third kappa shape index (κ3) is 4.02. The molecule has 1 nitrogen and oxygen atoms in total. The average Bonchev–Trinajstić information content (AvgIpc) is 2.57. The zero-order valence-corrected chi connectivity index (χ0v) is 14.8. The fourth-order valence-corrected chi connectivity index (χ4v) is 3.72. The summed E-state index contributed by atoms with van der Waals surface area (Å²) in [6.45, 7) is 2.20. The van der Waals surface area contributed by atoms with Gasteiger partial charge in [-0.05, 0) is 53.3 Å². The summed E-state index contributed by atoms with van der Waals surface area (Å²) in [4.78, 5) is 0. The molecule has 134 valence electrons. The van der Waals surface area contributed by atoms with Gasteiger partial charge in [0.05, 0.1) is 0 Å². The molecule has 25 heavy (non-hydrogen) atoms. The molecule has 0 aromatic heterocycles. The fraction of sp³-hybridized carbons (Fsp3) is 0.455. The minimum Gasteiger partial charge on any atom is -0.508 e. The van der Waals surface area contributed by atoms with Crippen LogP contribution in [0.5, 0.6) is 5.75 Å². The van der Waals surface area contributed by atoms with Crippen molar-refractivity contribution in [1.29, 1.82) is 0 Å². The molecule has 0 saturated carbocycles. The van der Waals surface area contributed by atoms with Crippen LogP contribution >= 0.6 is 0 Å². The van der Waals surface area contributed by atoms with Crippen molar-refractivity contribution in [1.82, 2.24) is 0 Å². The van der Waals surface area contributed by atoms with Crippen LogP contribution < -0.4 is 0 Å². The van der Waals surface area contributed by atoms with Gasteiger partial charge in [-0.3, -0.25) is 0 Å². The second-order valence-electron chi connectivity index (χ2n) is 7.12. The lowest BCUT2D eigenvalue weighted by molar-refractivity contribution is -0.00490. The normalized spacial score (nSPS) is 14.8. The second-order valence-corrected chi connectivity index (χ2v) is 7.12. The number of hydrogen-bond donors (Lipinski definition) is 1. The van der Waals surface area contributed by atoms with E-state index in [1.807, 2.05) is 12.1 Å². The SMILES string of the molecule is CCCCCCCCc1ccc2c(c1)C(F)(F)Cc1cc(O)ccc1-2. The molecule has 0 atom stereocenters. The lowest BCUT2D eigenvalue weighted by atomic mass is 9.82. The number of phenolic OH excluding ortho intramolecular Hbond substituents is 1. The number of aromatic hydroxyl groups is 1. The van der Waals surface area contributed by atoms with Gasteiger partial charge < -0.3 is 5.11 Å². The number of aryl methyl sites for hydroxylation is 1. The summed E-state index contributed by atoms with van der Waals surface area (Å²) >= 11 is 0. The largest absolute Gasteiger partial charge is 0.508 e. The summed E-state index contributed by atoms with van der Waals surface area (Å²) in [5, 5.41) is 9.58. The van der Waals surface area contributed by atoms with Crippen molar-refractivity contribution in [3.05, 3.63) is 53.1 Å². The van der Waals surface area contributed by atoms with Crippen LogP contribution in [0.15, 0.2) is 36.4 Å². The predicted octanol–water partition coefficient (Wildman–Crippen LogP) is 6.61. The molecule has 1 N–H and O–H groups in total. The van der Waals surface area contributed by atoms with Gasteiger partial charge in [-0.1, -0.05) is 57.2 Å². The molecule has 0 aliphatic heterocycles. The van der Waals surface area contributed by atoms with Crippen molar-refractivity contribution in [2.24, 2.45) is 0 Å². The minimum atomic E-state index is -2.88. The number of hydrogen-bond acceptors (Lipinski definition) is 1. The molecule has 0 heterocycles. The molecular weight excluding hydrogens is 318 g/mol. The smallest absolute Gasteiger partial charge is 0.277 e. The van der Waals surface area contributed by atoms with Gasteiger partial charge in [0.25, 0.3) is 5.92 Å². The standard InChI is InChI=1S/C22H26F2O/c1-2-3-4-5-6-7-8-16-9-11-20-19-12-10-18(25)14-17(19)15-22(23,24)21(20)13-16/h9-14,25H,2-8,15H2,1H3. The number of phenols is 1. The van der Waals surface area contributed by atoms with Crippen LogP contribution in [-0.4, -0.2) is 5.11 Å². The molecule has 0 spiro atoms. The van der Waals surface area contributed by atoms with E-state index in [0.29, 0.717) is 11.1 Å². The Morgan fingerprint density at radius 1 is 0.920 bits per heavy atom. The molecule has 0 saturated heterocycles. The number of alkyl halides is 2. The molecule has 2 aromatic carbocycles. The summed E-state index contributed by atoms with van der Waals surface area (Å²) in [6, 6.07) is 10.3. The molecule has 2 aromatic rings. The fourth-order valence-electron chi connectivity index (χ4n) is 3.72. The van der Waals surface area contributed by atoms with E-state index in [-0.39, 0.29) is 17.7 Å². The van der Waals surface area contributed by atoms with E-state index < -0.39 is 5.92 Å². The Bertz CT molecular complexity index is 737. The third-order valence-electron chi connectivity index (χ3n) is 5.09. The van der Waals surface area contributed by atoms with Gasteiger partial charge in [0.15, 0.2) is 0 Å². The molecule has 1 aliphatic rings. The number of rotatable bonds is 7. The predicted molar refractivity (Wildman–Crippen MR) is 98.2 cm³/mol. The number of benzene rings is 2. The van der Waals surface area contributed by atoms with Crippen molar-refractivity contribution in [2.75, 3.05) is 0 Å². The number of fused-ring (bicyclic) bond motifs is 3. The Balaban J connectivity index is 1.76. The zero-order valence-electron chi connectivity index (χ0n) is 14.8. The van der Waals surface area contributed by atoms with E-state index >= 15 is 0 Å².